The lowest BCUT2D eigenvalue weighted by molar-refractivity contribution is -0.384. The van der Waals surface area contributed by atoms with Gasteiger partial charge in [0.05, 0.1) is 11.3 Å². The van der Waals surface area contributed by atoms with E-state index in [0.29, 0.717) is 5.56 Å². The lowest BCUT2D eigenvalue weighted by atomic mass is 10.2. The number of benzene rings is 2. The quantitative estimate of drug-likeness (QED) is 0.346. The van der Waals surface area contributed by atoms with Gasteiger partial charge in [0.15, 0.2) is 0 Å². The molecule has 1 amide bonds. The predicted octanol–water partition coefficient (Wildman–Crippen LogP) is 3.61. The number of β-lactam (4-membered cyclic amide) rings is 1. The Morgan fingerprint density at radius 3 is 2.52 bits per heavy atom. The molecule has 0 radical (unpaired) electrons. The van der Waals surface area contributed by atoms with Crippen molar-refractivity contribution in [2.45, 2.75) is 23.3 Å². The number of non-ortho nitro benzene ring substituents is 1. The van der Waals surface area contributed by atoms with E-state index in [2.05, 4.69) is 4.40 Å². The van der Waals surface area contributed by atoms with Crippen molar-refractivity contribution in [3.8, 4) is 0 Å². The maximum atomic E-state index is 13.1. The van der Waals surface area contributed by atoms with E-state index in [9.17, 15) is 19.7 Å². The molecule has 2 heterocycles. The summed E-state index contributed by atoms with van der Waals surface area (Å²) in [5.74, 6) is -0.0581. The van der Waals surface area contributed by atoms with E-state index in [1.807, 2.05) is 30.3 Å². The van der Waals surface area contributed by atoms with Gasteiger partial charge in [-0.15, -0.1) is 0 Å². The predicted molar refractivity (Wildman–Crippen MR) is 99.3 cm³/mol. The minimum atomic E-state index is -2.38. The van der Waals surface area contributed by atoms with E-state index in [0.717, 1.165) is 4.90 Å². The number of ether oxygens (including phenoxy) is 1. The fourth-order valence-corrected chi connectivity index (χ4v) is 6.09. The number of amides is 1. The van der Waals surface area contributed by atoms with Crippen LogP contribution in [-0.2, 0) is 16.1 Å². The van der Waals surface area contributed by atoms with Gasteiger partial charge in [0.25, 0.3) is 5.69 Å². The molecule has 2 aromatic carbocycles. The number of carbonyl (C=O) groups is 2. The van der Waals surface area contributed by atoms with Crippen molar-refractivity contribution in [1.29, 1.82) is 0 Å². The van der Waals surface area contributed by atoms with Crippen molar-refractivity contribution in [2.75, 3.05) is 0 Å². The number of hydrogen-bond donors (Lipinski definition) is 0. The number of nitrogens with zero attached hydrogens (tertiary/aromatic N) is 3. The highest BCUT2D eigenvalue weighted by Crippen LogP contribution is 2.68. The van der Waals surface area contributed by atoms with Crippen LogP contribution in [0, 0.1) is 10.1 Å². The Labute approximate surface area is 156 Å². The summed E-state index contributed by atoms with van der Waals surface area (Å²) in [5, 5.41) is 9.95. The molecule has 0 N–H and O–H groups in total. The van der Waals surface area contributed by atoms with Gasteiger partial charge in [0, 0.05) is 27.2 Å². The highest BCUT2D eigenvalue weighted by atomic mass is 32.3. The second kappa shape index (κ2) is 6.51. The van der Waals surface area contributed by atoms with Gasteiger partial charge >= 0.3 is 5.30 Å². The summed E-state index contributed by atoms with van der Waals surface area (Å²) in [6.45, 7) is -0.0192. The summed E-state index contributed by atoms with van der Waals surface area (Å²) < 4.78 is 10.00. The standard InChI is InChI=1S/C18H15N3O5S/c22-16-10-17-20(16)12-19-27(17,15-4-2-1-3-5-15)18(23)26-11-13-6-8-14(9-7-13)21(24)25/h1-9,12,17H,10-11H2/t17-/m1/s1. The van der Waals surface area contributed by atoms with Gasteiger partial charge in [-0.05, 0) is 29.8 Å². The van der Waals surface area contributed by atoms with E-state index in [1.54, 1.807) is 12.1 Å². The topological polar surface area (TPSA) is 102 Å². The van der Waals surface area contributed by atoms with Crippen LogP contribution in [-0.4, -0.2) is 32.7 Å². The molecule has 0 saturated carbocycles. The fourth-order valence-electron chi connectivity index (χ4n) is 3.06. The average Bonchev–Trinajstić information content (AvgIpc) is 3.01. The number of nitro groups is 1. The van der Waals surface area contributed by atoms with E-state index < -0.39 is 20.4 Å². The number of hydrogen-bond acceptors (Lipinski definition) is 6. The SMILES string of the molecule is O=C1C[C@@H]2N1C=NS2(C(=O)OCc1ccc([N+](=O)[O-])cc1)c1ccccc1. The van der Waals surface area contributed by atoms with Crippen LogP contribution in [0.5, 0.6) is 0 Å². The van der Waals surface area contributed by atoms with Crippen molar-refractivity contribution in [1.82, 2.24) is 4.90 Å². The van der Waals surface area contributed by atoms with Gasteiger partial charge in [0.1, 0.15) is 18.3 Å². The molecule has 1 saturated heterocycles. The second-order valence-electron chi connectivity index (χ2n) is 6.08. The van der Waals surface area contributed by atoms with Crippen LogP contribution in [0.2, 0.25) is 0 Å². The van der Waals surface area contributed by atoms with Crippen molar-refractivity contribution < 1.29 is 19.2 Å². The maximum absolute atomic E-state index is 13.1. The van der Waals surface area contributed by atoms with Crippen LogP contribution in [0.3, 0.4) is 0 Å². The zero-order valence-corrected chi connectivity index (χ0v) is 14.9. The van der Waals surface area contributed by atoms with Crippen molar-refractivity contribution >= 4 is 33.4 Å². The molecular formula is C18H15N3O5S. The van der Waals surface area contributed by atoms with Crippen LogP contribution in [0.4, 0.5) is 10.5 Å². The summed E-state index contributed by atoms with van der Waals surface area (Å²) in [4.78, 5) is 37.3. The Morgan fingerprint density at radius 2 is 1.93 bits per heavy atom. The van der Waals surface area contributed by atoms with Crippen LogP contribution in [0.25, 0.3) is 0 Å². The van der Waals surface area contributed by atoms with E-state index in [-0.39, 0.29) is 30.0 Å². The molecule has 4 rings (SSSR count). The monoisotopic (exact) mass is 385 g/mol. The molecule has 138 valence electrons. The van der Waals surface area contributed by atoms with E-state index in [4.69, 9.17) is 4.74 Å². The van der Waals surface area contributed by atoms with Crippen molar-refractivity contribution in [3.63, 3.8) is 0 Å². The molecule has 0 spiro atoms. The third-order valence-electron chi connectivity index (χ3n) is 4.54. The smallest absolute Gasteiger partial charge is 0.375 e. The first kappa shape index (κ1) is 17.2. The first-order chi connectivity index (χ1) is 13.0. The lowest BCUT2D eigenvalue weighted by Gasteiger charge is -2.43. The Bertz CT molecular complexity index is 947. The summed E-state index contributed by atoms with van der Waals surface area (Å²) >= 11 is 0. The molecule has 2 aromatic rings. The fraction of sp³-hybridized carbons (Fsp3) is 0.167. The molecule has 1 fully saturated rings. The molecule has 2 aliphatic heterocycles. The lowest BCUT2D eigenvalue weighted by Crippen LogP contribution is -2.51. The normalized spacial score (nSPS) is 25.3. The first-order valence-corrected chi connectivity index (χ1v) is 9.81. The third-order valence-corrected chi connectivity index (χ3v) is 7.76. The zero-order valence-electron chi connectivity index (χ0n) is 14.1. The van der Waals surface area contributed by atoms with E-state index >= 15 is 0 Å². The average molecular weight is 385 g/mol. The van der Waals surface area contributed by atoms with Gasteiger partial charge in [0.2, 0.25) is 5.91 Å². The van der Waals surface area contributed by atoms with Gasteiger partial charge in [-0.3, -0.25) is 19.8 Å². The highest BCUT2D eigenvalue weighted by molar-refractivity contribution is 8.44. The minimum absolute atomic E-state index is 0.0192. The molecule has 0 aliphatic carbocycles. The molecule has 2 aliphatic rings. The largest absolute Gasteiger partial charge is 0.452 e. The first-order valence-electron chi connectivity index (χ1n) is 8.16. The molecule has 9 heteroatoms. The minimum Gasteiger partial charge on any atom is -0.452 e. The number of nitro benzene ring substituents is 1. The van der Waals surface area contributed by atoms with Crippen LogP contribution in [0.1, 0.15) is 12.0 Å². The Balaban J connectivity index is 1.56. The summed E-state index contributed by atoms with van der Waals surface area (Å²) in [6.07, 6.45) is 1.70. The second-order valence-corrected chi connectivity index (χ2v) is 8.89. The van der Waals surface area contributed by atoms with Gasteiger partial charge in [-0.25, -0.2) is 9.19 Å². The van der Waals surface area contributed by atoms with Gasteiger partial charge in [-0.1, -0.05) is 18.2 Å². The van der Waals surface area contributed by atoms with Crippen molar-refractivity contribution in [2.24, 2.45) is 4.40 Å². The molecule has 8 nitrogen and oxygen atoms in total. The number of rotatable bonds is 4. The third kappa shape index (κ3) is 2.76. The van der Waals surface area contributed by atoms with Crippen molar-refractivity contribution in [3.05, 3.63) is 70.3 Å². The van der Waals surface area contributed by atoms with Gasteiger partial charge in [-0.2, -0.15) is 0 Å². The molecule has 1 unspecified atom stereocenters. The molecule has 27 heavy (non-hydrogen) atoms. The molecule has 2 atom stereocenters. The molecule has 0 aromatic heterocycles. The molecule has 0 bridgehead atoms. The Hall–Kier alpha value is -3.20. The highest BCUT2D eigenvalue weighted by Gasteiger charge is 2.57. The Kier molecular flexibility index (Phi) is 4.15. The van der Waals surface area contributed by atoms with Crippen LogP contribution in [0.15, 0.2) is 63.9 Å². The van der Waals surface area contributed by atoms with Gasteiger partial charge < -0.3 is 4.74 Å². The zero-order chi connectivity index (χ0) is 19.0. The molecular weight excluding hydrogens is 370 g/mol. The summed E-state index contributed by atoms with van der Waals surface area (Å²) in [5.41, 5.74) is 0.612. The maximum Gasteiger partial charge on any atom is 0.375 e. The summed E-state index contributed by atoms with van der Waals surface area (Å²) in [7, 11) is -2.38. The van der Waals surface area contributed by atoms with Crippen LogP contribution < -0.4 is 0 Å². The number of fused-ring (bicyclic) bond motifs is 1. The van der Waals surface area contributed by atoms with E-state index in [1.165, 1.54) is 23.4 Å². The van der Waals surface area contributed by atoms with Crippen LogP contribution >= 0.6 is 10.2 Å². The Morgan fingerprint density at radius 1 is 1.22 bits per heavy atom. The summed E-state index contributed by atoms with van der Waals surface area (Å²) in [6, 6.07) is 15.0. The number of carbonyl (C=O) groups excluding carboxylic acids is 2.